The maximum absolute atomic E-state index is 13.5. The molecular weight excluding hydrogens is 259 g/mol. The number of para-hydroxylation sites is 1. The summed E-state index contributed by atoms with van der Waals surface area (Å²) >= 11 is 4.73. The van der Waals surface area contributed by atoms with Crippen molar-refractivity contribution < 1.29 is 19.1 Å². The number of amides is 1. The minimum Gasteiger partial charge on any atom is -0.481 e. The third kappa shape index (κ3) is 3.77. The fourth-order valence-electron chi connectivity index (χ4n) is 1.28. The number of aliphatic carboxylic acids is 1. The average molecular weight is 270 g/mol. The Morgan fingerprint density at radius 2 is 2.06 bits per heavy atom. The summed E-state index contributed by atoms with van der Waals surface area (Å²) in [6, 6.07) is 4.03. The minimum absolute atomic E-state index is 0.0527. The summed E-state index contributed by atoms with van der Waals surface area (Å²) < 4.78 is 13.5. The fourth-order valence-corrected chi connectivity index (χ4v) is 1.45. The molecule has 1 amide bonds. The Morgan fingerprint density at radius 3 is 2.61 bits per heavy atom. The van der Waals surface area contributed by atoms with Crippen molar-refractivity contribution in [2.24, 2.45) is 5.73 Å². The lowest BCUT2D eigenvalue weighted by Crippen LogP contribution is -2.19. The molecule has 7 heteroatoms. The lowest BCUT2D eigenvalue weighted by atomic mass is 10.1. The zero-order valence-electron chi connectivity index (χ0n) is 9.27. The zero-order chi connectivity index (χ0) is 13.7. The number of hydrogen-bond donors (Lipinski definition) is 3. The van der Waals surface area contributed by atoms with E-state index in [2.05, 4.69) is 5.32 Å². The predicted octanol–water partition coefficient (Wildman–Crippen LogP) is 1.26. The van der Waals surface area contributed by atoms with Gasteiger partial charge in [-0.25, -0.2) is 4.39 Å². The van der Waals surface area contributed by atoms with Crippen LogP contribution in [0.5, 0.6) is 0 Å². The van der Waals surface area contributed by atoms with Crippen molar-refractivity contribution in [1.29, 1.82) is 0 Å². The van der Waals surface area contributed by atoms with E-state index < -0.39 is 17.7 Å². The Kier molecular flexibility index (Phi) is 4.73. The Balaban J connectivity index is 2.86. The predicted molar refractivity (Wildman–Crippen MR) is 67.8 cm³/mol. The Labute approximate surface area is 108 Å². The van der Waals surface area contributed by atoms with E-state index >= 15 is 0 Å². The molecule has 4 N–H and O–H groups in total. The summed E-state index contributed by atoms with van der Waals surface area (Å²) in [5.41, 5.74) is 5.48. The van der Waals surface area contributed by atoms with Gasteiger partial charge in [-0.2, -0.15) is 0 Å². The van der Waals surface area contributed by atoms with E-state index in [1.807, 2.05) is 0 Å². The van der Waals surface area contributed by atoms with Crippen LogP contribution in [0.25, 0.3) is 0 Å². The second kappa shape index (κ2) is 6.06. The van der Waals surface area contributed by atoms with E-state index in [1.165, 1.54) is 12.1 Å². The second-order valence-electron chi connectivity index (χ2n) is 3.47. The van der Waals surface area contributed by atoms with Crippen molar-refractivity contribution in [2.75, 3.05) is 5.32 Å². The highest BCUT2D eigenvalue weighted by atomic mass is 32.1. The number of anilines is 1. The third-order valence-electron chi connectivity index (χ3n) is 2.11. The molecule has 0 atom stereocenters. The summed E-state index contributed by atoms with van der Waals surface area (Å²) in [6.45, 7) is 0. The molecule has 0 saturated carbocycles. The molecule has 0 heterocycles. The van der Waals surface area contributed by atoms with Crippen molar-refractivity contribution in [3.05, 3.63) is 29.6 Å². The molecule has 96 valence electrons. The molecule has 0 unspecified atom stereocenters. The first-order valence-corrected chi connectivity index (χ1v) is 5.42. The van der Waals surface area contributed by atoms with Crippen LogP contribution in [0.4, 0.5) is 10.1 Å². The van der Waals surface area contributed by atoms with Crippen LogP contribution in [-0.4, -0.2) is 22.0 Å². The van der Waals surface area contributed by atoms with Gasteiger partial charge in [-0.1, -0.05) is 18.3 Å². The van der Waals surface area contributed by atoms with Crippen LogP contribution in [-0.2, 0) is 9.59 Å². The maximum Gasteiger partial charge on any atom is 0.303 e. The molecule has 0 bridgehead atoms. The SMILES string of the molecule is NC(=S)c1cccc(F)c1NC(=O)CCC(=O)O. The van der Waals surface area contributed by atoms with Crippen molar-refractivity contribution in [3.8, 4) is 0 Å². The van der Waals surface area contributed by atoms with Gasteiger partial charge in [0, 0.05) is 12.0 Å². The van der Waals surface area contributed by atoms with Crippen LogP contribution in [0.2, 0.25) is 0 Å². The molecule has 0 fully saturated rings. The molecule has 18 heavy (non-hydrogen) atoms. The molecule has 5 nitrogen and oxygen atoms in total. The lowest BCUT2D eigenvalue weighted by molar-refractivity contribution is -0.138. The first-order chi connectivity index (χ1) is 8.41. The highest BCUT2D eigenvalue weighted by Crippen LogP contribution is 2.20. The Morgan fingerprint density at radius 1 is 1.39 bits per heavy atom. The molecule has 0 aliphatic heterocycles. The summed E-state index contributed by atoms with van der Waals surface area (Å²) in [5.74, 6) is -2.39. The summed E-state index contributed by atoms with van der Waals surface area (Å²) in [7, 11) is 0. The van der Waals surface area contributed by atoms with Crippen molar-refractivity contribution >= 4 is 34.8 Å². The van der Waals surface area contributed by atoms with Gasteiger partial charge < -0.3 is 16.2 Å². The number of benzene rings is 1. The van der Waals surface area contributed by atoms with E-state index in [0.717, 1.165) is 6.07 Å². The van der Waals surface area contributed by atoms with Crippen molar-refractivity contribution in [1.82, 2.24) is 0 Å². The molecule has 0 aromatic heterocycles. The highest BCUT2D eigenvalue weighted by molar-refractivity contribution is 7.80. The van der Waals surface area contributed by atoms with Crippen LogP contribution < -0.4 is 11.1 Å². The van der Waals surface area contributed by atoms with Gasteiger partial charge in [-0.05, 0) is 12.1 Å². The van der Waals surface area contributed by atoms with Gasteiger partial charge in [-0.3, -0.25) is 9.59 Å². The zero-order valence-corrected chi connectivity index (χ0v) is 10.1. The van der Waals surface area contributed by atoms with E-state index in [4.69, 9.17) is 23.1 Å². The molecule has 0 radical (unpaired) electrons. The van der Waals surface area contributed by atoms with Crippen molar-refractivity contribution in [3.63, 3.8) is 0 Å². The minimum atomic E-state index is -1.10. The number of carboxylic acids is 1. The van der Waals surface area contributed by atoms with Gasteiger partial charge >= 0.3 is 5.97 Å². The molecular formula is C11H11FN2O3S. The first-order valence-electron chi connectivity index (χ1n) is 5.01. The second-order valence-corrected chi connectivity index (χ2v) is 3.91. The topological polar surface area (TPSA) is 92.4 Å². The normalized spacial score (nSPS) is 9.83. The first kappa shape index (κ1) is 14.0. The van der Waals surface area contributed by atoms with Crippen molar-refractivity contribution in [2.45, 2.75) is 12.8 Å². The molecule has 0 spiro atoms. The largest absolute Gasteiger partial charge is 0.481 e. The van der Waals surface area contributed by atoms with Gasteiger partial charge in [0.25, 0.3) is 0 Å². The van der Waals surface area contributed by atoms with Crippen LogP contribution in [0.15, 0.2) is 18.2 Å². The van der Waals surface area contributed by atoms with E-state index in [0.29, 0.717) is 0 Å². The van der Waals surface area contributed by atoms with Gasteiger partial charge in [0.15, 0.2) is 0 Å². The number of hydrogen-bond acceptors (Lipinski definition) is 3. The highest BCUT2D eigenvalue weighted by Gasteiger charge is 2.14. The van der Waals surface area contributed by atoms with Gasteiger partial charge in [0.05, 0.1) is 12.1 Å². The third-order valence-corrected chi connectivity index (χ3v) is 2.33. The molecule has 1 rings (SSSR count). The number of rotatable bonds is 5. The fraction of sp³-hybridized carbons (Fsp3) is 0.182. The maximum atomic E-state index is 13.5. The van der Waals surface area contributed by atoms with E-state index in [9.17, 15) is 14.0 Å². The number of carbonyl (C=O) groups is 2. The monoisotopic (exact) mass is 270 g/mol. The number of carbonyl (C=O) groups excluding carboxylic acids is 1. The van der Waals surface area contributed by atoms with Crippen LogP contribution >= 0.6 is 12.2 Å². The number of halogens is 1. The smallest absolute Gasteiger partial charge is 0.303 e. The molecule has 1 aromatic rings. The number of nitrogens with one attached hydrogen (secondary N) is 1. The van der Waals surface area contributed by atoms with E-state index in [-0.39, 0.29) is 29.1 Å². The summed E-state index contributed by atoms with van der Waals surface area (Å²) in [5, 5.41) is 10.7. The standard InChI is InChI=1S/C11H11FN2O3S/c12-7-3-1-2-6(11(13)18)10(7)14-8(15)4-5-9(16)17/h1-3H,4-5H2,(H2,13,18)(H,14,15)(H,16,17). The summed E-state index contributed by atoms with van der Waals surface area (Å²) in [6.07, 6.45) is -0.580. The molecule has 1 aromatic carbocycles. The number of carboxylic acid groups (broad SMARTS) is 1. The quantitative estimate of drug-likeness (QED) is 0.700. The molecule has 0 aliphatic rings. The number of thiocarbonyl (C=S) groups is 1. The van der Waals surface area contributed by atoms with Gasteiger partial charge in [-0.15, -0.1) is 0 Å². The average Bonchev–Trinajstić information content (AvgIpc) is 2.28. The molecule has 0 saturated heterocycles. The van der Waals surface area contributed by atoms with Crippen LogP contribution in [0, 0.1) is 5.82 Å². The Hall–Kier alpha value is -2.02. The van der Waals surface area contributed by atoms with E-state index in [1.54, 1.807) is 0 Å². The Bertz CT molecular complexity index is 505. The van der Waals surface area contributed by atoms with Crippen LogP contribution in [0.3, 0.4) is 0 Å². The number of nitrogens with two attached hydrogens (primary N) is 1. The van der Waals surface area contributed by atoms with Crippen LogP contribution in [0.1, 0.15) is 18.4 Å². The van der Waals surface area contributed by atoms with Gasteiger partial charge in [0.2, 0.25) is 5.91 Å². The van der Waals surface area contributed by atoms with Gasteiger partial charge in [0.1, 0.15) is 10.8 Å². The lowest BCUT2D eigenvalue weighted by Gasteiger charge is -2.10. The summed E-state index contributed by atoms with van der Waals surface area (Å²) in [4.78, 5) is 21.7. The molecule has 0 aliphatic carbocycles.